The molecule has 0 aromatic carbocycles. The molecule has 2 aliphatic rings. The third kappa shape index (κ3) is 3.19. The molecular weight excluding hydrogens is 348 g/mol. The lowest BCUT2D eigenvalue weighted by Crippen LogP contribution is -2.42. The molecule has 0 saturated carbocycles. The number of nitrogens with zero attached hydrogens (tertiary/aromatic N) is 1. The zero-order valence-electron chi connectivity index (χ0n) is 16.2. The van der Waals surface area contributed by atoms with Crippen LogP contribution < -0.4 is 5.56 Å². The van der Waals surface area contributed by atoms with E-state index >= 15 is 0 Å². The van der Waals surface area contributed by atoms with Gasteiger partial charge in [-0.2, -0.15) is 0 Å². The molecule has 3 rings (SSSR count). The summed E-state index contributed by atoms with van der Waals surface area (Å²) in [4.78, 5) is 53.8. The number of carboxylic acid groups (broad SMARTS) is 1. The van der Waals surface area contributed by atoms with Crippen molar-refractivity contribution in [3.63, 3.8) is 0 Å². The Bertz CT molecular complexity index is 883. The normalized spacial score (nSPS) is 24.2. The molecule has 1 unspecified atom stereocenters. The van der Waals surface area contributed by atoms with Crippen molar-refractivity contribution < 1.29 is 19.5 Å². The first-order chi connectivity index (χ1) is 12.5. The molecule has 7 heteroatoms. The highest BCUT2D eigenvalue weighted by Crippen LogP contribution is 2.39. The zero-order valence-corrected chi connectivity index (χ0v) is 16.2. The van der Waals surface area contributed by atoms with Gasteiger partial charge in [0.05, 0.1) is 5.41 Å². The Labute approximate surface area is 157 Å². The van der Waals surface area contributed by atoms with Gasteiger partial charge in [-0.05, 0) is 30.2 Å². The van der Waals surface area contributed by atoms with Gasteiger partial charge in [0.15, 0.2) is 5.78 Å². The minimum atomic E-state index is -1.00. The predicted octanol–water partition coefficient (Wildman–Crippen LogP) is 2.10. The van der Waals surface area contributed by atoms with Crippen molar-refractivity contribution in [2.45, 2.75) is 47.0 Å². The molecule has 1 aromatic rings. The quantitative estimate of drug-likeness (QED) is 0.842. The topological polar surface area (TPSA) is 108 Å². The second-order valence-electron chi connectivity index (χ2n) is 8.94. The standard InChI is InChI=1S/C20H26N2O5/c1-11(2)20(18(26)27)5-6-22(10-20)17(25)13-7-12-14(21-16(13)24)8-19(3,4)9-15(12)23/h7,11H,5-6,8-10H2,1-4H3,(H,21,24)(H,26,27). The molecule has 7 nitrogen and oxygen atoms in total. The van der Waals surface area contributed by atoms with Crippen LogP contribution in [-0.4, -0.2) is 45.7 Å². The highest BCUT2D eigenvalue weighted by Gasteiger charge is 2.49. The number of aromatic amines is 1. The van der Waals surface area contributed by atoms with Crippen molar-refractivity contribution in [2.75, 3.05) is 13.1 Å². The molecule has 1 amide bonds. The van der Waals surface area contributed by atoms with E-state index in [9.17, 15) is 24.3 Å². The summed E-state index contributed by atoms with van der Waals surface area (Å²) < 4.78 is 0. The third-order valence-electron chi connectivity index (χ3n) is 6.07. The van der Waals surface area contributed by atoms with E-state index in [-0.39, 0.29) is 35.8 Å². The number of nitrogens with one attached hydrogen (secondary N) is 1. The van der Waals surface area contributed by atoms with Gasteiger partial charge >= 0.3 is 5.97 Å². The molecule has 0 radical (unpaired) electrons. The lowest BCUT2D eigenvalue weighted by atomic mass is 9.75. The van der Waals surface area contributed by atoms with Crippen LogP contribution in [0.25, 0.3) is 0 Å². The van der Waals surface area contributed by atoms with E-state index in [0.717, 1.165) is 0 Å². The maximum Gasteiger partial charge on any atom is 0.311 e. The van der Waals surface area contributed by atoms with Gasteiger partial charge in [-0.3, -0.25) is 19.2 Å². The summed E-state index contributed by atoms with van der Waals surface area (Å²) in [5, 5.41) is 9.65. The van der Waals surface area contributed by atoms with Crippen molar-refractivity contribution in [3.05, 3.63) is 33.2 Å². The Morgan fingerprint density at radius 2 is 1.89 bits per heavy atom. The number of carbonyl (C=O) groups is 3. The number of Topliss-reactive ketones (excluding diaryl/α,β-unsaturated/α-hetero) is 1. The van der Waals surface area contributed by atoms with Crippen LogP contribution in [0.5, 0.6) is 0 Å². The van der Waals surface area contributed by atoms with Crippen LogP contribution in [0, 0.1) is 16.7 Å². The molecule has 0 bridgehead atoms. The van der Waals surface area contributed by atoms with Crippen molar-refractivity contribution in [3.8, 4) is 0 Å². The number of aromatic nitrogens is 1. The molecule has 146 valence electrons. The second kappa shape index (κ2) is 6.32. The number of fused-ring (bicyclic) bond motifs is 1. The van der Waals surface area contributed by atoms with E-state index in [1.807, 2.05) is 27.7 Å². The van der Waals surface area contributed by atoms with E-state index in [1.165, 1.54) is 11.0 Å². The molecule has 1 atom stereocenters. The average molecular weight is 374 g/mol. The Morgan fingerprint density at radius 3 is 2.44 bits per heavy atom. The lowest BCUT2D eigenvalue weighted by Gasteiger charge is -2.30. The van der Waals surface area contributed by atoms with Crippen molar-refractivity contribution in [1.82, 2.24) is 9.88 Å². The summed E-state index contributed by atoms with van der Waals surface area (Å²) in [6.45, 7) is 7.93. The fourth-order valence-corrected chi connectivity index (χ4v) is 4.26. The van der Waals surface area contributed by atoms with E-state index in [1.54, 1.807) is 0 Å². The van der Waals surface area contributed by atoms with E-state index in [2.05, 4.69) is 4.98 Å². The molecular formula is C20H26N2O5. The number of hydrogen-bond donors (Lipinski definition) is 2. The molecule has 1 saturated heterocycles. The maximum absolute atomic E-state index is 12.9. The summed E-state index contributed by atoms with van der Waals surface area (Å²) in [6.07, 6.45) is 1.28. The number of pyridine rings is 1. The summed E-state index contributed by atoms with van der Waals surface area (Å²) >= 11 is 0. The van der Waals surface area contributed by atoms with E-state index < -0.39 is 22.9 Å². The number of amides is 1. The first-order valence-electron chi connectivity index (χ1n) is 9.29. The highest BCUT2D eigenvalue weighted by atomic mass is 16.4. The van der Waals surface area contributed by atoms with Crippen LogP contribution in [0.4, 0.5) is 0 Å². The number of ketones is 1. The molecule has 1 aliphatic heterocycles. The number of hydrogen-bond acceptors (Lipinski definition) is 4. The number of carboxylic acids is 1. The summed E-state index contributed by atoms with van der Waals surface area (Å²) in [7, 11) is 0. The molecule has 27 heavy (non-hydrogen) atoms. The minimum absolute atomic E-state index is 0.0658. The van der Waals surface area contributed by atoms with E-state index in [0.29, 0.717) is 30.5 Å². The van der Waals surface area contributed by atoms with Gasteiger partial charge in [-0.25, -0.2) is 0 Å². The van der Waals surface area contributed by atoms with Gasteiger partial charge in [0.2, 0.25) is 0 Å². The van der Waals surface area contributed by atoms with Gasteiger partial charge in [0.25, 0.3) is 11.5 Å². The van der Waals surface area contributed by atoms with Crippen LogP contribution in [0.2, 0.25) is 0 Å². The molecule has 0 spiro atoms. The fraction of sp³-hybridized carbons (Fsp3) is 0.600. The Kier molecular flexibility index (Phi) is 4.52. The number of H-pyrrole nitrogens is 1. The summed E-state index contributed by atoms with van der Waals surface area (Å²) in [6, 6.07) is 1.39. The van der Waals surface area contributed by atoms with Crippen LogP contribution in [0.1, 0.15) is 66.9 Å². The fourth-order valence-electron chi connectivity index (χ4n) is 4.26. The monoisotopic (exact) mass is 374 g/mol. The van der Waals surface area contributed by atoms with Gasteiger partial charge in [-0.1, -0.05) is 27.7 Å². The Balaban J connectivity index is 1.93. The average Bonchev–Trinajstić information content (AvgIpc) is 2.99. The lowest BCUT2D eigenvalue weighted by molar-refractivity contribution is -0.150. The second-order valence-corrected chi connectivity index (χ2v) is 8.94. The van der Waals surface area contributed by atoms with Crippen molar-refractivity contribution >= 4 is 17.7 Å². The predicted molar refractivity (Wildman–Crippen MR) is 98.9 cm³/mol. The number of rotatable bonds is 3. The Morgan fingerprint density at radius 1 is 1.22 bits per heavy atom. The van der Waals surface area contributed by atoms with Crippen LogP contribution in [-0.2, 0) is 11.2 Å². The molecule has 1 fully saturated rings. The number of carbonyl (C=O) groups excluding carboxylic acids is 2. The number of likely N-dealkylation sites (tertiary alicyclic amines) is 1. The first-order valence-corrected chi connectivity index (χ1v) is 9.29. The van der Waals surface area contributed by atoms with Crippen LogP contribution in [0.3, 0.4) is 0 Å². The number of aliphatic carboxylic acids is 1. The SMILES string of the molecule is CC(C)C1(C(=O)O)CCN(C(=O)c2cc3c([nH]c2=O)CC(C)(C)CC3=O)C1. The van der Waals surface area contributed by atoms with Gasteiger partial charge in [0, 0.05) is 30.8 Å². The summed E-state index contributed by atoms with van der Waals surface area (Å²) in [5.74, 6) is -1.67. The third-order valence-corrected chi connectivity index (χ3v) is 6.07. The minimum Gasteiger partial charge on any atom is -0.481 e. The largest absolute Gasteiger partial charge is 0.481 e. The van der Waals surface area contributed by atoms with E-state index in [4.69, 9.17) is 0 Å². The molecule has 1 aliphatic carbocycles. The maximum atomic E-state index is 12.9. The van der Waals surface area contributed by atoms with Gasteiger partial charge in [-0.15, -0.1) is 0 Å². The smallest absolute Gasteiger partial charge is 0.311 e. The first kappa shape index (κ1) is 19.3. The highest BCUT2D eigenvalue weighted by molar-refractivity contribution is 6.02. The van der Waals surface area contributed by atoms with Gasteiger partial charge < -0.3 is 15.0 Å². The summed E-state index contributed by atoms with van der Waals surface area (Å²) in [5.41, 5.74) is -0.887. The van der Waals surface area contributed by atoms with Crippen LogP contribution in [0.15, 0.2) is 10.9 Å². The van der Waals surface area contributed by atoms with Crippen LogP contribution >= 0.6 is 0 Å². The van der Waals surface area contributed by atoms with Crippen molar-refractivity contribution in [2.24, 2.45) is 16.7 Å². The molecule has 2 N–H and O–H groups in total. The zero-order chi connectivity index (χ0) is 20.1. The molecule has 2 heterocycles. The Hall–Kier alpha value is -2.44. The molecule has 1 aromatic heterocycles. The van der Waals surface area contributed by atoms with Gasteiger partial charge in [0.1, 0.15) is 5.56 Å². The van der Waals surface area contributed by atoms with Crippen molar-refractivity contribution in [1.29, 1.82) is 0 Å².